The lowest BCUT2D eigenvalue weighted by molar-refractivity contribution is -0.121. The highest BCUT2D eigenvalue weighted by Crippen LogP contribution is 2.27. The summed E-state index contributed by atoms with van der Waals surface area (Å²) in [6, 6.07) is 7.63. The number of hydrogen-bond acceptors (Lipinski definition) is 4. The SMILES string of the molecule is COc1ccccc1[C@@H](C)NC(=O)CCc1c(C)nc2c(c(C)nn2C)c1C. The van der Waals surface area contributed by atoms with Gasteiger partial charge in [-0.3, -0.25) is 9.48 Å². The van der Waals surface area contributed by atoms with Crippen LogP contribution in [0.1, 0.15) is 47.5 Å². The maximum atomic E-state index is 12.6. The van der Waals surface area contributed by atoms with E-state index in [2.05, 4.69) is 17.3 Å². The molecule has 28 heavy (non-hydrogen) atoms. The molecule has 1 atom stereocenters. The highest BCUT2D eigenvalue weighted by molar-refractivity contribution is 5.84. The Bertz CT molecular complexity index is 1020. The van der Waals surface area contributed by atoms with E-state index in [-0.39, 0.29) is 11.9 Å². The molecule has 1 amide bonds. The van der Waals surface area contributed by atoms with Crippen molar-refractivity contribution in [3.63, 3.8) is 0 Å². The van der Waals surface area contributed by atoms with Crippen LogP contribution in [0.2, 0.25) is 0 Å². The number of benzene rings is 1. The summed E-state index contributed by atoms with van der Waals surface area (Å²) in [6.45, 7) is 8.06. The number of para-hydroxylation sites is 1. The number of amides is 1. The third-order valence-electron chi connectivity index (χ3n) is 5.31. The number of aryl methyl sites for hydroxylation is 4. The van der Waals surface area contributed by atoms with Gasteiger partial charge in [0.05, 0.1) is 18.8 Å². The van der Waals surface area contributed by atoms with Crippen LogP contribution in [-0.4, -0.2) is 27.8 Å². The average molecular weight is 380 g/mol. The lowest BCUT2D eigenvalue weighted by Gasteiger charge is -2.17. The van der Waals surface area contributed by atoms with E-state index in [1.54, 1.807) is 7.11 Å². The second-order valence-electron chi connectivity index (χ2n) is 7.24. The van der Waals surface area contributed by atoms with E-state index in [9.17, 15) is 4.79 Å². The molecule has 0 saturated carbocycles. The second-order valence-corrected chi connectivity index (χ2v) is 7.24. The zero-order valence-corrected chi connectivity index (χ0v) is 17.5. The van der Waals surface area contributed by atoms with Gasteiger partial charge in [-0.1, -0.05) is 18.2 Å². The van der Waals surface area contributed by atoms with E-state index >= 15 is 0 Å². The molecule has 0 aliphatic carbocycles. The molecule has 0 unspecified atom stereocenters. The first-order chi connectivity index (χ1) is 13.3. The molecule has 0 saturated heterocycles. The summed E-state index contributed by atoms with van der Waals surface area (Å²) >= 11 is 0. The van der Waals surface area contributed by atoms with E-state index in [0.29, 0.717) is 12.8 Å². The Balaban J connectivity index is 1.73. The molecule has 0 fully saturated rings. The fourth-order valence-corrected chi connectivity index (χ4v) is 3.88. The van der Waals surface area contributed by atoms with Crippen LogP contribution in [0.25, 0.3) is 11.0 Å². The number of carbonyl (C=O) groups excluding carboxylic acids is 1. The second kappa shape index (κ2) is 8.00. The maximum absolute atomic E-state index is 12.6. The molecule has 0 bridgehead atoms. The number of carbonyl (C=O) groups is 1. The normalized spacial score (nSPS) is 12.2. The highest BCUT2D eigenvalue weighted by atomic mass is 16.5. The summed E-state index contributed by atoms with van der Waals surface area (Å²) in [5.74, 6) is 0.795. The predicted octanol–water partition coefficient (Wildman–Crippen LogP) is 3.71. The monoisotopic (exact) mass is 380 g/mol. The van der Waals surface area contributed by atoms with E-state index in [1.807, 2.05) is 56.8 Å². The Morgan fingerprint density at radius 3 is 2.64 bits per heavy atom. The Kier molecular flexibility index (Phi) is 5.68. The van der Waals surface area contributed by atoms with Gasteiger partial charge in [0.15, 0.2) is 5.65 Å². The molecule has 6 nitrogen and oxygen atoms in total. The maximum Gasteiger partial charge on any atom is 0.220 e. The third kappa shape index (κ3) is 3.72. The molecule has 6 heteroatoms. The summed E-state index contributed by atoms with van der Waals surface area (Å²) in [4.78, 5) is 17.3. The van der Waals surface area contributed by atoms with Gasteiger partial charge in [-0.25, -0.2) is 4.98 Å². The smallest absolute Gasteiger partial charge is 0.220 e. The fraction of sp³-hybridized carbons (Fsp3) is 0.409. The first-order valence-corrected chi connectivity index (χ1v) is 9.55. The van der Waals surface area contributed by atoms with E-state index in [1.165, 1.54) is 5.56 Å². The zero-order chi connectivity index (χ0) is 20.4. The number of nitrogens with zero attached hydrogens (tertiary/aromatic N) is 3. The summed E-state index contributed by atoms with van der Waals surface area (Å²) in [5, 5.41) is 8.65. The predicted molar refractivity (Wildman–Crippen MR) is 111 cm³/mol. The van der Waals surface area contributed by atoms with Gasteiger partial charge in [-0.2, -0.15) is 5.10 Å². The first-order valence-electron chi connectivity index (χ1n) is 9.55. The molecule has 1 aromatic carbocycles. The van der Waals surface area contributed by atoms with Crippen LogP contribution >= 0.6 is 0 Å². The van der Waals surface area contributed by atoms with Crippen molar-refractivity contribution in [1.29, 1.82) is 0 Å². The molecule has 0 radical (unpaired) electrons. The minimum Gasteiger partial charge on any atom is -0.496 e. The van der Waals surface area contributed by atoms with Crippen LogP contribution in [-0.2, 0) is 18.3 Å². The van der Waals surface area contributed by atoms with Crippen molar-refractivity contribution in [3.05, 3.63) is 52.3 Å². The largest absolute Gasteiger partial charge is 0.496 e. The number of hydrogen-bond donors (Lipinski definition) is 1. The van der Waals surface area contributed by atoms with Gasteiger partial charge in [0.1, 0.15) is 5.75 Å². The summed E-state index contributed by atoms with van der Waals surface area (Å²) in [5.41, 5.74) is 6.09. The summed E-state index contributed by atoms with van der Waals surface area (Å²) in [7, 11) is 3.55. The first kappa shape index (κ1) is 19.9. The molecule has 3 aromatic rings. The van der Waals surface area contributed by atoms with Crippen LogP contribution in [0.15, 0.2) is 24.3 Å². The van der Waals surface area contributed by atoms with E-state index < -0.39 is 0 Å². The highest BCUT2D eigenvalue weighted by Gasteiger charge is 2.17. The van der Waals surface area contributed by atoms with E-state index in [0.717, 1.165) is 39.3 Å². The molecular weight excluding hydrogens is 352 g/mol. The Labute approximate surface area is 165 Å². The Morgan fingerprint density at radius 1 is 1.21 bits per heavy atom. The van der Waals surface area contributed by atoms with Crippen molar-refractivity contribution in [2.75, 3.05) is 7.11 Å². The quantitative estimate of drug-likeness (QED) is 0.708. The van der Waals surface area contributed by atoms with Crippen molar-refractivity contribution in [2.24, 2.45) is 7.05 Å². The number of fused-ring (bicyclic) bond motifs is 1. The zero-order valence-electron chi connectivity index (χ0n) is 17.5. The van der Waals surface area contributed by atoms with Crippen molar-refractivity contribution in [1.82, 2.24) is 20.1 Å². The Morgan fingerprint density at radius 2 is 1.93 bits per heavy atom. The lowest BCUT2D eigenvalue weighted by Crippen LogP contribution is -2.27. The number of aromatic nitrogens is 3. The molecule has 1 N–H and O–H groups in total. The van der Waals surface area contributed by atoms with Gasteiger partial charge >= 0.3 is 0 Å². The van der Waals surface area contributed by atoms with Crippen molar-refractivity contribution in [3.8, 4) is 5.75 Å². The van der Waals surface area contributed by atoms with Gasteiger partial charge in [-0.15, -0.1) is 0 Å². The van der Waals surface area contributed by atoms with Crippen molar-refractivity contribution < 1.29 is 9.53 Å². The lowest BCUT2D eigenvalue weighted by atomic mass is 9.99. The summed E-state index contributed by atoms with van der Waals surface area (Å²) in [6.07, 6.45) is 1.06. The van der Waals surface area contributed by atoms with Gasteiger partial charge in [0, 0.05) is 30.1 Å². The van der Waals surface area contributed by atoms with Gasteiger partial charge < -0.3 is 10.1 Å². The number of ether oxygens (including phenoxy) is 1. The molecule has 3 rings (SSSR count). The van der Waals surface area contributed by atoms with Crippen LogP contribution in [0.4, 0.5) is 0 Å². The molecule has 0 aliphatic heterocycles. The van der Waals surface area contributed by atoms with Gasteiger partial charge in [0.2, 0.25) is 5.91 Å². The number of nitrogens with one attached hydrogen (secondary N) is 1. The van der Waals surface area contributed by atoms with Crippen LogP contribution in [0.3, 0.4) is 0 Å². The average Bonchev–Trinajstić information content (AvgIpc) is 2.94. The third-order valence-corrected chi connectivity index (χ3v) is 5.31. The van der Waals surface area contributed by atoms with E-state index in [4.69, 9.17) is 9.72 Å². The van der Waals surface area contributed by atoms with Crippen LogP contribution in [0.5, 0.6) is 5.75 Å². The van der Waals surface area contributed by atoms with Gasteiger partial charge in [0.25, 0.3) is 0 Å². The Hall–Kier alpha value is -2.89. The molecule has 148 valence electrons. The summed E-state index contributed by atoms with van der Waals surface area (Å²) < 4.78 is 7.21. The van der Waals surface area contributed by atoms with Crippen molar-refractivity contribution in [2.45, 2.75) is 46.6 Å². The molecule has 2 aromatic heterocycles. The molecule has 0 spiro atoms. The molecular formula is C22H28N4O2. The minimum absolute atomic E-state index is 0.0141. The van der Waals surface area contributed by atoms with Gasteiger partial charge in [-0.05, 0) is 51.3 Å². The number of methoxy groups -OCH3 is 1. The minimum atomic E-state index is -0.119. The molecule has 0 aliphatic rings. The number of pyridine rings is 1. The van der Waals surface area contributed by atoms with Crippen LogP contribution in [0, 0.1) is 20.8 Å². The molecule has 2 heterocycles. The fourth-order valence-electron chi connectivity index (χ4n) is 3.88. The standard InChI is InChI=1S/C22H28N4O2/c1-13-17(14(2)24-22-21(13)16(4)25-26(22)5)11-12-20(27)23-15(3)18-9-7-8-10-19(18)28-6/h7-10,15H,11-12H2,1-6H3,(H,23,27)/t15-/m1/s1. The van der Waals surface area contributed by atoms with Crippen LogP contribution < -0.4 is 10.1 Å². The topological polar surface area (TPSA) is 69.0 Å². The van der Waals surface area contributed by atoms with Crippen molar-refractivity contribution >= 4 is 16.9 Å². The number of rotatable bonds is 6.